The third kappa shape index (κ3) is 3.37. The van der Waals surface area contributed by atoms with Crippen LogP contribution >= 0.6 is 0 Å². The minimum Gasteiger partial charge on any atom is -0.493 e. The fourth-order valence-electron chi connectivity index (χ4n) is 2.60. The molecule has 0 saturated carbocycles. The summed E-state index contributed by atoms with van der Waals surface area (Å²) in [6.45, 7) is 3.90. The first-order valence-corrected chi connectivity index (χ1v) is 7.15. The van der Waals surface area contributed by atoms with E-state index in [1.165, 1.54) is 0 Å². The molecule has 2 rings (SSSR count). The van der Waals surface area contributed by atoms with Crippen LogP contribution in [0, 0.1) is 0 Å². The Morgan fingerprint density at radius 2 is 1.52 bits per heavy atom. The molecule has 0 spiro atoms. The number of carbonyl (C=O) groups is 1. The van der Waals surface area contributed by atoms with Crippen molar-refractivity contribution in [2.45, 2.75) is 5.92 Å². The molecule has 0 saturated heterocycles. The zero-order valence-electron chi connectivity index (χ0n) is 13.5. The molecule has 23 heavy (non-hydrogen) atoms. The van der Waals surface area contributed by atoms with Gasteiger partial charge in [0.05, 0.1) is 21.3 Å². The molecular formula is C19H20O4. The Morgan fingerprint density at radius 3 is 1.96 bits per heavy atom. The predicted octanol–water partition coefficient (Wildman–Crippen LogP) is 3.60. The van der Waals surface area contributed by atoms with Gasteiger partial charge in [-0.15, -0.1) is 0 Å². The van der Waals surface area contributed by atoms with Crippen LogP contribution in [0.2, 0.25) is 0 Å². The van der Waals surface area contributed by atoms with E-state index in [0.29, 0.717) is 22.8 Å². The van der Waals surface area contributed by atoms with E-state index in [4.69, 9.17) is 14.2 Å². The maximum Gasteiger partial charge on any atom is 0.203 e. The number of aldehydes is 1. The molecule has 0 bridgehead atoms. The average molecular weight is 312 g/mol. The number of ether oxygens (including phenoxy) is 3. The SMILES string of the molecule is C=C(C=O)C(c1ccccc1)c1cc(OC)c(OC)c(OC)c1. The Labute approximate surface area is 136 Å². The molecule has 0 heterocycles. The summed E-state index contributed by atoms with van der Waals surface area (Å²) in [6.07, 6.45) is 0.779. The van der Waals surface area contributed by atoms with Crippen LogP contribution in [-0.4, -0.2) is 27.6 Å². The number of benzene rings is 2. The highest BCUT2D eigenvalue weighted by molar-refractivity contribution is 5.77. The molecular weight excluding hydrogens is 292 g/mol. The number of allylic oxidation sites excluding steroid dienone is 1. The summed E-state index contributed by atoms with van der Waals surface area (Å²) in [7, 11) is 4.68. The summed E-state index contributed by atoms with van der Waals surface area (Å²) in [5.74, 6) is 1.33. The van der Waals surface area contributed by atoms with Gasteiger partial charge in [0.25, 0.3) is 0 Å². The molecule has 120 valence electrons. The molecule has 4 nitrogen and oxygen atoms in total. The monoisotopic (exact) mass is 312 g/mol. The summed E-state index contributed by atoms with van der Waals surface area (Å²) < 4.78 is 16.1. The van der Waals surface area contributed by atoms with Crippen molar-refractivity contribution >= 4 is 6.29 Å². The minimum absolute atomic E-state index is 0.276. The van der Waals surface area contributed by atoms with E-state index < -0.39 is 0 Å². The quantitative estimate of drug-likeness (QED) is 0.579. The molecule has 0 aromatic heterocycles. The van der Waals surface area contributed by atoms with Crippen LogP contribution in [0.25, 0.3) is 0 Å². The lowest BCUT2D eigenvalue weighted by atomic mass is 9.86. The van der Waals surface area contributed by atoms with E-state index in [1.54, 1.807) is 21.3 Å². The normalized spacial score (nSPS) is 11.4. The topological polar surface area (TPSA) is 44.8 Å². The second-order valence-corrected chi connectivity index (χ2v) is 5.00. The molecule has 1 unspecified atom stereocenters. The van der Waals surface area contributed by atoms with E-state index in [0.717, 1.165) is 17.4 Å². The lowest BCUT2D eigenvalue weighted by Gasteiger charge is -2.21. The zero-order chi connectivity index (χ0) is 16.8. The van der Waals surface area contributed by atoms with Crippen LogP contribution < -0.4 is 14.2 Å². The molecule has 0 radical (unpaired) electrons. The van der Waals surface area contributed by atoms with Gasteiger partial charge in [0.1, 0.15) is 6.29 Å². The highest BCUT2D eigenvalue weighted by Gasteiger charge is 2.22. The summed E-state index contributed by atoms with van der Waals surface area (Å²) in [4.78, 5) is 11.3. The first-order valence-electron chi connectivity index (χ1n) is 7.15. The highest BCUT2D eigenvalue weighted by atomic mass is 16.5. The second kappa shape index (κ2) is 7.49. The van der Waals surface area contributed by atoms with Crippen LogP contribution in [0.4, 0.5) is 0 Å². The Bertz CT molecular complexity index is 667. The average Bonchev–Trinajstić information content (AvgIpc) is 2.61. The maximum absolute atomic E-state index is 11.3. The van der Waals surface area contributed by atoms with Gasteiger partial charge in [-0.1, -0.05) is 36.9 Å². The van der Waals surface area contributed by atoms with Crippen molar-refractivity contribution in [1.82, 2.24) is 0 Å². The van der Waals surface area contributed by atoms with Crippen molar-refractivity contribution in [3.63, 3.8) is 0 Å². The number of carbonyl (C=O) groups excluding carboxylic acids is 1. The molecule has 0 fully saturated rings. The Hall–Kier alpha value is -2.75. The number of rotatable bonds is 7. The third-order valence-corrected chi connectivity index (χ3v) is 3.68. The molecule has 0 N–H and O–H groups in total. The summed E-state index contributed by atoms with van der Waals surface area (Å²) in [5, 5.41) is 0. The minimum atomic E-state index is -0.276. The first kappa shape index (κ1) is 16.6. The van der Waals surface area contributed by atoms with Crippen LogP contribution in [-0.2, 0) is 4.79 Å². The molecule has 4 heteroatoms. The van der Waals surface area contributed by atoms with E-state index in [-0.39, 0.29) is 5.92 Å². The number of methoxy groups -OCH3 is 3. The summed E-state index contributed by atoms with van der Waals surface area (Å²) in [5.41, 5.74) is 2.28. The number of hydrogen-bond donors (Lipinski definition) is 0. The molecule has 0 aliphatic heterocycles. The van der Waals surface area contributed by atoms with Gasteiger partial charge in [-0.25, -0.2) is 0 Å². The van der Waals surface area contributed by atoms with Crippen LogP contribution in [0.1, 0.15) is 17.0 Å². The molecule has 0 aliphatic carbocycles. The van der Waals surface area contributed by atoms with Gasteiger partial charge in [-0.2, -0.15) is 0 Å². The van der Waals surface area contributed by atoms with Crippen molar-refractivity contribution < 1.29 is 19.0 Å². The summed E-state index contributed by atoms with van der Waals surface area (Å²) in [6, 6.07) is 13.4. The third-order valence-electron chi connectivity index (χ3n) is 3.68. The predicted molar refractivity (Wildman–Crippen MR) is 89.6 cm³/mol. The van der Waals surface area contributed by atoms with E-state index in [1.807, 2.05) is 42.5 Å². The van der Waals surface area contributed by atoms with Crippen LogP contribution in [0.5, 0.6) is 17.2 Å². The van der Waals surface area contributed by atoms with Crippen molar-refractivity contribution in [3.05, 3.63) is 65.7 Å². The van der Waals surface area contributed by atoms with Gasteiger partial charge < -0.3 is 14.2 Å². The van der Waals surface area contributed by atoms with Gasteiger partial charge in [-0.3, -0.25) is 4.79 Å². The Morgan fingerprint density at radius 1 is 0.957 bits per heavy atom. The van der Waals surface area contributed by atoms with E-state index in [9.17, 15) is 4.79 Å². The maximum atomic E-state index is 11.3. The van der Waals surface area contributed by atoms with Crippen LogP contribution in [0.3, 0.4) is 0 Å². The van der Waals surface area contributed by atoms with Gasteiger partial charge in [0, 0.05) is 5.92 Å². The van der Waals surface area contributed by atoms with Crippen molar-refractivity contribution in [2.75, 3.05) is 21.3 Å². The molecule has 2 aromatic carbocycles. The number of hydrogen-bond acceptors (Lipinski definition) is 4. The van der Waals surface area contributed by atoms with Gasteiger partial charge in [-0.05, 0) is 28.8 Å². The Balaban J connectivity index is 2.64. The molecule has 1 atom stereocenters. The van der Waals surface area contributed by atoms with Gasteiger partial charge >= 0.3 is 0 Å². The fourth-order valence-corrected chi connectivity index (χ4v) is 2.60. The largest absolute Gasteiger partial charge is 0.493 e. The zero-order valence-corrected chi connectivity index (χ0v) is 13.5. The highest BCUT2D eigenvalue weighted by Crippen LogP contribution is 2.42. The van der Waals surface area contributed by atoms with E-state index in [2.05, 4.69) is 6.58 Å². The van der Waals surface area contributed by atoms with Crippen LogP contribution in [0.15, 0.2) is 54.6 Å². The van der Waals surface area contributed by atoms with E-state index >= 15 is 0 Å². The smallest absolute Gasteiger partial charge is 0.203 e. The van der Waals surface area contributed by atoms with Crippen molar-refractivity contribution in [2.24, 2.45) is 0 Å². The fraction of sp³-hybridized carbons (Fsp3) is 0.211. The van der Waals surface area contributed by atoms with Crippen molar-refractivity contribution in [1.29, 1.82) is 0 Å². The lowest BCUT2D eigenvalue weighted by molar-refractivity contribution is -0.105. The lowest BCUT2D eigenvalue weighted by Crippen LogP contribution is -2.07. The Kier molecular flexibility index (Phi) is 5.41. The molecule has 2 aromatic rings. The van der Waals surface area contributed by atoms with Crippen molar-refractivity contribution in [3.8, 4) is 17.2 Å². The standard InChI is InChI=1S/C19H20O4/c1-13(12-20)18(14-8-6-5-7-9-14)15-10-16(21-2)19(23-4)17(11-15)22-3/h5-12,18H,1H2,2-4H3. The first-order chi connectivity index (χ1) is 11.2. The molecule has 0 amide bonds. The molecule has 0 aliphatic rings. The van der Waals surface area contributed by atoms with Gasteiger partial charge in [0.15, 0.2) is 11.5 Å². The van der Waals surface area contributed by atoms with Gasteiger partial charge in [0.2, 0.25) is 5.75 Å². The summed E-state index contributed by atoms with van der Waals surface area (Å²) >= 11 is 0. The second-order valence-electron chi connectivity index (χ2n) is 5.00.